The van der Waals surface area contributed by atoms with Gasteiger partial charge in [-0.05, 0) is 36.0 Å². The largest absolute Gasteiger partial charge is 0.282 e. The maximum absolute atomic E-state index is 13.7. The summed E-state index contributed by atoms with van der Waals surface area (Å²) in [4.78, 5) is 52.0. The van der Waals surface area contributed by atoms with Gasteiger partial charge in [-0.3, -0.25) is 24.5 Å². The number of imide groups is 1. The average molecular weight is 612 g/mol. The molecule has 0 radical (unpaired) electrons. The van der Waals surface area contributed by atoms with Gasteiger partial charge in [0.05, 0.1) is 23.3 Å². The first-order chi connectivity index (χ1) is 16.2. The second kappa shape index (κ2) is 8.73. The van der Waals surface area contributed by atoms with Crippen molar-refractivity contribution < 1.29 is 19.3 Å². The molecule has 2 saturated carbocycles. The summed E-state index contributed by atoms with van der Waals surface area (Å²) in [5, 5.41) is 13.9. The fourth-order valence-corrected chi connectivity index (χ4v) is 7.61. The molecule has 0 aromatic heterocycles. The first-order valence-electron chi connectivity index (χ1n) is 10.7. The van der Waals surface area contributed by atoms with Crippen LogP contribution in [0.15, 0.2) is 48.5 Å². The average Bonchev–Trinajstić information content (AvgIpc) is 3.43. The van der Waals surface area contributed by atoms with E-state index in [9.17, 15) is 24.5 Å². The van der Waals surface area contributed by atoms with Gasteiger partial charge in [0.1, 0.15) is 5.56 Å². The highest BCUT2D eigenvalue weighted by Gasteiger charge is 2.67. The molecule has 3 fully saturated rings. The summed E-state index contributed by atoms with van der Waals surface area (Å²) in [5.74, 6) is -2.87. The Morgan fingerprint density at radius 1 is 1.03 bits per heavy atom. The second-order valence-electron chi connectivity index (χ2n) is 8.72. The molecule has 176 valence electrons. The summed E-state index contributed by atoms with van der Waals surface area (Å²) < 4.78 is 0. The maximum atomic E-state index is 13.7. The normalized spacial score (nSPS) is 29.4. The van der Waals surface area contributed by atoms with Crippen molar-refractivity contribution >= 4 is 66.9 Å². The van der Waals surface area contributed by atoms with Crippen LogP contribution in [0, 0.1) is 33.8 Å². The topological polar surface area (TPSA) is 101 Å². The minimum atomic E-state index is -0.813. The third-order valence-corrected chi connectivity index (χ3v) is 10.6. The summed E-state index contributed by atoms with van der Waals surface area (Å²) in [7, 11) is 0. The maximum Gasteiger partial charge on any atom is 0.282 e. The second-order valence-corrected chi connectivity index (χ2v) is 11.2. The number of carbonyl (C=O) groups is 3. The summed E-state index contributed by atoms with van der Waals surface area (Å²) in [6, 6.07) is 12.3. The molecule has 2 bridgehead atoms. The van der Waals surface area contributed by atoms with Gasteiger partial charge in [-0.15, -0.1) is 0 Å². The highest BCUT2D eigenvalue weighted by atomic mass is 79.9. The molecule has 0 N–H and O–H groups in total. The van der Waals surface area contributed by atoms with Crippen LogP contribution in [0.25, 0.3) is 0 Å². The number of rotatable bonds is 5. The Balaban J connectivity index is 1.58. The van der Waals surface area contributed by atoms with Crippen molar-refractivity contribution in [1.82, 2.24) is 10.0 Å². The molecule has 1 aliphatic heterocycles. The summed E-state index contributed by atoms with van der Waals surface area (Å²) >= 11 is 13.6. The molecule has 0 spiro atoms. The Morgan fingerprint density at radius 2 is 1.59 bits per heavy atom. The Morgan fingerprint density at radius 3 is 2.18 bits per heavy atom. The Kier molecular flexibility index (Phi) is 6.02. The molecule has 3 amide bonds. The summed E-state index contributed by atoms with van der Waals surface area (Å²) in [6.45, 7) is -0.188. The Bertz CT molecular complexity index is 1190. The number of amides is 3. The van der Waals surface area contributed by atoms with Crippen LogP contribution >= 0.6 is 43.5 Å². The standard InChI is InChI=1S/C23H18Br2ClN3O5/c24-19-13-9-14(20(19)25)18-17(13)22(31)28(23(18)32)27(10-11-5-1-3-7-15(11)26)21(30)12-6-2-4-8-16(12)29(33)34/h1-8,13-14,17-20H,9-10H2/t13-,14-,17-,18+,19-,20+/m1/s1. The number of hydrazine groups is 1. The van der Waals surface area contributed by atoms with Gasteiger partial charge in [0, 0.05) is 20.7 Å². The van der Waals surface area contributed by atoms with E-state index >= 15 is 0 Å². The number of hydrogen-bond donors (Lipinski definition) is 0. The van der Waals surface area contributed by atoms with Crippen LogP contribution in [-0.2, 0) is 16.1 Å². The Hall–Kier alpha value is -2.30. The summed E-state index contributed by atoms with van der Waals surface area (Å²) in [6.07, 6.45) is 0.745. The van der Waals surface area contributed by atoms with Crippen molar-refractivity contribution in [1.29, 1.82) is 0 Å². The molecular weight excluding hydrogens is 594 g/mol. The quantitative estimate of drug-likeness (QED) is 0.213. The molecule has 2 aromatic rings. The van der Waals surface area contributed by atoms with Crippen LogP contribution in [0.1, 0.15) is 22.3 Å². The number of hydrogen-bond acceptors (Lipinski definition) is 5. The number of carbonyl (C=O) groups excluding carboxylic acids is 3. The molecule has 0 unspecified atom stereocenters. The molecule has 11 heteroatoms. The lowest BCUT2D eigenvalue weighted by atomic mass is 9.81. The number of para-hydroxylation sites is 1. The molecule has 8 nitrogen and oxygen atoms in total. The van der Waals surface area contributed by atoms with Crippen LogP contribution in [-0.4, -0.2) is 42.3 Å². The number of nitro groups is 1. The molecule has 2 aliphatic carbocycles. The van der Waals surface area contributed by atoms with E-state index in [4.69, 9.17) is 11.6 Å². The monoisotopic (exact) mass is 609 g/mol. The van der Waals surface area contributed by atoms with Crippen molar-refractivity contribution in [2.45, 2.75) is 22.6 Å². The minimum absolute atomic E-state index is 0.0378. The number of benzene rings is 2. The van der Waals surface area contributed by atoms with Gasteiger partial charge in [-0.2, -0.15) is 5.01 Å². The number of halogens is 3. The zero-order valence-electron chi connectivity index (χ0n) is 17.5. The predicted molar refractivity (Wildman–Crippen MR) is 130 cm³/mol. The molecular formula is C23H18Br2ClN3O5. The van der Waals surface area contributed by atoms with Crippen LogP contribution < -0.4 is 0 Å². The zero-order valence-corrected chi connectivity index (χ0v) is 21.4. The lowest BCUT2D eigenvalue weighted by Gasteiger charge is -2.31. The molecule has 5 rings (SSSR count). The zero-order chi connectivity index (χ0) is 24.3. The number of nitro benzene ring substituents is 1. The van der Waals surface area contributed by atoms with E-state index in [1.807, 2.05) is 0 Å². The van der Waals surface area contributed by atoms with Crippen LogP contribution in [0.2, 0.25) is 5.02 Å². The van der Waals surface area contributed by atoms with E-state index in [0.717, 1.165) is 16.4 Å². The van der Waals surface area contributed by atoms with Crippen LogP contribution in [0.3, 0.4) is 0 Å². The van der Waals surface area contributed by atoms with Gasteiger partial charge in [0.15, 0.2) is 0 Å². The fourth-order valence-electron chi connectivity index (χ4n) is 5.55. The molecule has 1 saturated heterocycles. The third-order valence-electron chi connectivity index (χ3n) is 7.05. The molecule has 3 aliphatic rings. The smallest absolute Gasteiger partial charge is 0.272 e. The lowest BCUT2D eigenvalue weighted by molar-refractivity contribution is -0.385. The van der Waals surface area contributed by atoms with E-state index in [1.54, 1.807) is 24.3 Å². The number of alkyl halides is 2. The van der Waals surface area contributed by atoms with Gasteiger partial charge < -0.3 is 0 Å². The number of fused-ring (bicyclic) bond motifs is 5. The van der Waals surface area contributed by atoms with E-state index in [-0.39, 0.29) is 33.6 Å². The SMILES string of the molecule is O=C(c1ccccc1[N+](=O)[O-])N(Cc1ccccc1Cl)N1C(=O)[C@@H]2[C@H]3C[C@@H]([C@H](Br)[C@@H]3Br)[C@@H]2C1=O. The van der Waals surface area contributed by atoms with Crippen LogP contribution in [0.5, 0.6) is 0 Å². The minimum Gasteiger partial charge on any atom is -0.272 e. The summed E-state index contributed by atoms with van der Waals surface area (Å²) in [5.41, 5.74) is -0.109. The highest BCUT2D eigenvalue weighted by Crippen LogP contribution is 2.60. The molecule has 2 aromatic carbocycles. The van der Waals surface area contributed by atoms with Crippen molar-refractivity contribution in [3.8, 4) is 0 Å². The van der Waals surface area contributed by atoms with Crippen molar-refractivity contribution in [3.05, 3.63) is 74.8 Å². The van der Waals surface area contributed by atoms with E-state index in [0.29, 0.717) is 10.6 Å². The van der Waals surface area contributed by atoms with Crippen molar-refractivity contribution in [2.75, 3.05) is 0 Å². The third kappa shape index (κ3) is 3.49. The van der Waals surface area contributed by atoms with E-state index < -0.39 is 40.2 Å². The van der Waals surface area contributed by atoms with Gasteiger partial charge in [0.25, 0.3) is 23.4 Å². The fraction of sp³-hybridized carbons (Fsp3) is 0.348. The first kappa shape index (κ1) is 23.4. The Labute approximate surface area is 216 Å². The van der Waals surface area contributed by atoms with Gasteiger partial charge in [-0.25, -0.2) is 5.01 Å². The first-order valence-corrected chi connectivity index (χ1v) is 12.9. The van der Waals surface area contributed by atoms with Crippen molar-refractivity contribution in [3.63, 3.8) is 0 Å². The molecule has 6 atom stereocenters. The van der Waals surface area contributed by atoms with Gasteiger partial charge in [0.2, 0.25) is 0 Å². The number of nitrogens with zero attached hydrogens (tertiary/aromatic N) is 3. The predicted octanol–water partition coefficient (Wildman–Crippen LogP) is 4.58. The van der Waals surface area contributed by atoms with Crippen molar-refractivity contribution in [2.24, 2.45) is 23.7 Å². The van der Waals surface area contributed by atoms with Gasteiger partial charge in [-0.1, -0.05) is 73.8 Å². The lowest BCUT2D eigenvalue weighted by Crippen LogP contribution is -2.50. The molecule has 34 heavy (non-hydrogen) atoms. The van der Waals surface area contributed by atoms with E-state index in [1.165, 1.54) is 24.3 Å². The van der Waals surface area contributed by atoms with Gasteiger partial charge >= 0.3 is 0 Å². The molecule has 1 heterocycles. The van der Waals surface area contributed by atoms with E-state index in [2.05, 4.69) is 31.9 Å². The highest BCUT2D eigenvalue weighted by molar-refractivity contribution is 9.12. The van der Waals surface area contributed by atoms with Crippen LogP contribution in [0.4, 0.5) is 5.69 Å².